The second-order valence-corrected chi connectivity index (χ2v) is 5.34. The quantitative estimate of drug-likeness (QED) is 0.802. The molecule has 1 aromatic carbocycles. The molecule has 0 spiro atoms. The Labute approximate surface area is 127 Å². The number of nitrogens with zero attached hydrogens (tertiary/aromatic N) is 2. The molecule has 106 valence electrons. The largest absolute Gasteiger partial charge is 0.464 e. The molecule has 0 N–H and O–H groups in total. The highest BCUT2D eigenvalue weighted by Gasteiger charge is 2.25. The number of esters is 1. The maximum absolute atomic E-state index is 11.7. The second kappa shape index (κ2) is 5.85. The van der Waals surface area contributed by atoms with E-state index in [9.17, 15) is 4.79 Å². The van der Waals surface area contributed by atoms with E-state index >= 15 is 0 Å². The first-order valence-corrected chi connectivity index (χ1v) is 6.84. The van der Waals surface area contributed by atoms with Gasteiger partial charge in [-0.05, 0) is 18.1 Å². The minimum Gasteiger partial charge on any atom is -0.464 e. The van der Waals surface area contributed by atoms with E-state index in [1.165, 1.54) is 7.11 Å². The molecule has 0 fully saturated rings. The second-order valence-electron chi connectivity index (χ2n) is 4.56. The highest BCUT2D eigenvalue weighted by Crippen LogP contribution is 2.32. The number of methoxy groups -OCH3 is 1. The van der Waals surface area contributed by atoms with Gasteiger partial charge in [0.05, 0.1) is 28.5 Å². The molecule has 2 aromatic rings. The van der Waals surface area contributed by atoms with Crippen LogP contribution in [0.15, 0.2) is 24.3 Å². The van der Waals surface area contributed by atoms with Crippen molar-refractivity contribution < 1.29 is 9.53 Å². The number of carbonyl (C=O) groups excluding carboxylic acids is 1. The number of hydrogen-bond acceptors (Lipinski definition) is 3. The van der Waals surface area contributed by atoms with E-state index in [1.54, 1.807) is 10.7 Å². The Morgan fingerprint density at radius 1 is 1.30 bits per heavy atom. The average molecular weight is 313 g/mol. The van der Waals surface area contributed by atoms with Gasteiger partial charge in [-0.1, -0.05) is 49.2 Å². The number of rotatable bonds is 3. The van der Waals surface area contributed by atoms with Crippen LogP contribution in [0.2, 0.25) is 10.0 Å². The standard InChI is InChI=1S/C14H14Cl2N2O2/c1-8(2)13-11(16)12(14(19)20-3)17-18(13)10-7-5-4-6-9(10)15/h4-8H,1-3H3. The van der Waals surface area contributed by atoms with Crippen molar-refractivity contribution in [1.82, 2.24) is 9.78 Å². The maximum atomic E-state index is 11.7. The Bertz CT molecular complexity index is 651. The first-order chi connectivity index (χ1) is 9.47. The third kappa shape index (κ3) is 2.53. The molecule has 0 amide bonds. The minimum atomic E-state index is -0.567. The van der Waals surface area contributed by atoms with Gasteiger partial charge in [0.2, 0.25) is 0 Å². The van der Waals surface area contributed by atoms with Crippen LogP contribution in [0, 0.1) is 0 Å². The molecule has 6 heteroatoms. The molecule has 0 saturated heterocycles. The van der Waals surface area contributed by atoms with Crippen molar-refractivity contribution in [2.24, 2.45) is 0 Å². The Kier molecular flexibility index (Phi) is 4.35. The van der Waals surface area contributed by atoms with Gasteiger partial charge in [0.15, 0.2) is 5.69 Å². The Morgan fingerprint density at radius 3 is 2.50 bits per heavy atom. The first-order valence-electron chi connectivity index (χ1n) is 6.09. The van der Waals surface area contributed by atoms with Gasteiger partial charge in [0.25, 0.3) is 0 Å². The normalized spacial score (nSPS) is 10.9. The number of benzene rings is 1. The van der Waals surface area contributed by atoms with Crippen LogP contribution >= 0.6 is 23.2 Å². The molecule has 0 saturated carbocycles. The SMILES string of the molecule is COC(=O)c1nn(-c2ccccc2Cl)c(C(C)C)c1Cl. The van der Waals surface area contributed by atoms with Crippen LogP contribution in [0.5, 0.6) is 0 Å². The summed E-state index contributed by atoms with van der Waals surface area (Å²) in [5.74, 6) is -0.493. The predicted molar refractivity (Wildman–Crippen MR) is 79.0 cm³/mol. The summed E-state index contributed by atoms with van der Waals surface area (Å²) in [7, 11) is 1.29. The molecule has 0 aliphatic heterocycles. The number of ether oxygens (including phenoxy) is 1. The summed E-state index contributed by atoms with van der Waals surface area (Å²) in [5.41, 5.74) is 1.49. The predicted octanol–water partition coefficient (Wildman–Crippen LogP) is 4.09. The van der Waals surface area contributed by atoms with Gasteiger partial charge in [-0.15, -0.1) is 0 Å². The van der Waals surface area contributed by atoms with Gasteiger partial charge in [0, 0.05) is 0 Å². The molecule has 0 bridgehead atoms. The van der Waals surface area contributed by atoms with Crippen molar-refractivity contribution in [1.29, 1.82) is 0 Å². The van der Waals surface area contributed by atoms with Gasteiger partial charge in [-0.25, -0.2) is 9.48 Å². The average Bonchev–Trinajstić information content (AvgIpc) is 2.76. The van der Waals surface area contributed by atoms with Gasteiger partial charge in [0.1, 0.15) is 0 Å². The van der Waals surface area contributed by atoms with Crippen LogP contribution < -0.4 is 0 Å². The highest BCUT2D eigenvalue weighted by molar-refractivity contribution is 6.34. The summed E-state index contributed by atoms with van der Waals surface area (Å²) in [6.07, 6.45) is 0. The molecule has 0 aliphatic carbocycles. The van der Waals surface area contributed by atoms with E-state index in [4.69, 9.17) is 27.9 Å². The van der Waals surface area contributed by atoms with Crippen molar-refractivity contribution in [2.45, 2.75) is 19.8 Å². The summed E-state index contributed by atoms with van der Waals surface area (Å²) >= 11 is 12.5. The lowest BCUT2D eigenvalue weighted by Gasteiger charge is -2.11. The Hall–Kier alpha value is -1.52. The van der Waals surface area contributed by atoms with Crippen LogP contribution in [-0.4, -0.2) is 22.9 Å². The van der Waals surface area contributed by atoms with Crippen LogP contribution in [0.1, 0.15) is 35.9 Å². The molecule has 1 heterocycles. The monoisotopic (exact) mass is 312 g/mol. The molecule has 0 aliphatic rings. The number of halogens is 2. The van der Waals surface area contributed by atoms with Gasteiger partial charge < -0.3 is 4.74 Å². The summed E-state index contributed by atoms with van der Waals surface area (Å²) in [6, 6.07) is 7.25. The van der Waals surface area contributed by atoms with Crippen LogP contribution in [-0.2, 0) is 4.74 Å². The van der Waals surface area contributed by atoms with E-state index in [-0.39, 0.29) is 11.6 Å². The lowest BCUT2D eigenvalue weighted by molar-refractivity contribution is 0.0593. The Balaban J connectivity index is 2.70. The summed E-state index contributed by atoms with van der Waals surface area (Å²) in [4.78, 5) is 11.7. The zero-order valence-electron chi connectivity index (χ0n) is 11.4. The molecule has 4 nitrogen and oxygen atoms in total. The van der Waals surface area contributed by atoms with Crippen LogP contribution in [0.4, 0.5) is 0 Å². The van der Waals surface area contributed by atoms with E-state index in [0.717, 1.165) is 5.69 Å². The Morgan fingerprint density at radius 2 is 1.95 bits per heavy atom. The lowest BCUT2D eigenvalue weighted by Crippen LogP contribution is -2.06. The van der Waals surface area contributed by atoms with Gasteiger partial charge in [-0.3, -0.25) is 0 Å². The smallest absolute Gasteiger partial charge is 0.360 e. The summed E-state index contributed by atoms with van der Waals surface area (Å²) in [6.45, 7) is 3.94. The fraction of sp³-hybridized carbons (Fsp3) is 0.286. The number of para-hydroxylation sites is 1. The summed E-state index contributed by atoms with van der Waals surface area (Å²) < 4.78 is 6.30. The molecule has 0 atom stereocenters. The van der Waals surface area contributed by atoms with Crippen molar-refractivity contribution in [3.05, 3.63) is 45.7 Å². The van der Waals surface area contributed by atoms with Crippen LogP contribution in [0.25, 0.3) is 5.69 Å². The molecule has 0 unspecified atom stereocenters. The summed E-state index contributed by atoms with van der Waals surface area (Å²) in [5, 5.41) is 5.09. The van der Waals surface area contributed by atoms with Gasteiger partial charge >= 0.3 is 5.97 Å². The van der Waals surface area contributed by atoms with E-state index in [0.29, 0.717) is 15.7 Å². The molecule has 20 heavy (non-hydrogen) atoms. The number of carbonyl (C=O) groups is 1. The molecule has 2 rings (SSSR count). The fourth-order valence-electron chi connectivity index (χ4n) is 1.94. The number of hydrogen-bond donors (Lipinski definition) is 0. The lowest BCUT2D eigenvalue weighted by atomic mass is 10.1. The molecule has 0 radical (unpaired) electrons. The van der Waals surface area contributed by atoms with E-state index in [2.05, 4.69) is 5.10 Å². The molecular formula is C14H14Cl2N2O2. The van der Waals surface area contributed by atoms with Gasteiger partial charge in [-0.2, -0.15) is 5.10 Å². The topological polar surface area (TPSA) is 44.1 Å². The minimum absolute atomic E-state index is 0.0738. The fourth-order valence-corrected chi connectivity index (χ4v) is 2.57. The third-order valence-corrected chi connectivity index (χ3v) is 3.56. The van der Waals surface area contributed by atoms with Crippen molar-refractivity contribution in [2.75, 3.05) is 7.11 Å². The third-order valence-electron chi connectivity index (χ3n) is 2.87. The zero-order chi connectivity index (χ0) is 14.9. The van der Waals surface area contributed by atoms with Crippen molar-refractivity contribution in [3.8, 4) is 5.69 Å². The zero-order valence-corrected chi connectivity index (χ0v) is 12.9. The first kappa shape index (κ1) is 14.9. The number of aromatic nitrogens is 2. The molecular weight excluding hydrogens is 299 g/mol. The highest BCUT2D eigenvalue weighted by atomic mass is 35.5. The van der Waals surface area contributed by atoms with Crippen molar-refractivity contribution in [3.63, 3.8) is 0 Å². The molecule has 1 aromatic heterocycles. The van der Waals surface area contributed by atoms with Crippen molar-refractivity contribution >= 4 is 29.2 Å². The van der Waals surface area contributed by atoms with Crippen LogP contribution in [0.3, 0.4) is 0 Å². The van der Waals surface area contributed by atoms with E-state index < -0.39 is 5.97 Å². The van der Waals surface area contributed by atoms with E-state index in [1.807, 2.05) is 32.0 Å². The maximum Gasteiger partial charge on any atom is 0.360 e.